The third-order valence-corrected chi connectivity index (χ3v) is 3.40. The number of rotatable bonds is 1. The van der Waals surface area contributed by atoms with E-state index in [0.29, 0.717) is 5.92 Å². The number of hydrogen-bond acceptors (Lipinski definition) is 2. The zero-order valence-electron chi connectivity index (χ0n) is 8.70. The molecule has 4 heteroatoms. The quantitative estimate of drug-likeness (QED) is 0.587. The molecule has 2 heterocycles. The number of fused-ring (bicyclic) bond motifs is 1. The first-order valence-electron chi connectivity index (χ1n) is 5.14. The summed E-state index contributed by atoms with van der Waals surface area (Å²) in [6, 6.07) is 2.25. The Bertz CT molecular complexity index is 319. The van der Waals surface area contributed by atoms with Gasteiger partial charge in [0.05, 0.1) is 17.9 Å². The van der Waals surface area contributed by atoms with Crippen LogP contribution in [0.4, 0.5) is 0 Å². The molecular weight excluding hydrogens is 289 g/mol. The van der Waals surface area contributed by atoms with Gasteiger partial charge in [0.25, 0.3) is 0 Å². The molecule has 1 aliphatic heterocycles. The summed E-state index contributed by atoms with van der Waals surface area (Å²) in [6.07, 6.45) is 1.20. The highest BCUT2D eigenvalue weighted by Crippen LogP contribution is 2.20. The average Bonchev–Trinajstić information content (AvgIpc) is 2.42. The summed E-state index contributed by atoms with van der Waals surface area (Å²) in [5, 5.41) is 4.63. The fourth-order valence-corrected chi connectivity index (χ4v) is 2.42. The van der Waals surface area contributed by atoms with E-state index in [9.17, 15) is 0 Å². The normalized spacial score (nSPS) is 18.3. The maximum Gasteiger partial charge on any atom is 0.0653 e. The van der Waals surface area contributed by atoms with E-state index in [4.69, 9.17) is 0 Å². The molecule has 1 aromatic rings. The van der Waals surface area contributed by atoms with E-state index >= 15 is 0 Å². The molecule has 3 nitrogen and oxygen atoms in total. The van der Waals surface area contributed by atoms with Crippen molar-refractivity contribution >= 4 is 22.9 Å². The predicted octanol–water partition coefficient (Wildman–Crippen LogP) is 2.56. The molecule has 0 bridgehead atoms. The monoisotopic (exact) mass is 305 g/mol. The Balaban J connectivity index is 2.27. The van der Waals surface area contributed by atoms with Crippen molar-refractivity contribution in [1.29, 1.82) is 0 Å². The van der Waals surface area contributed by atoms with Crippen molar-refractivity contribution in [1.82, 2.24) is 12.9 Å². The van der Waals surface area contributed by atoms with Gasteiger partial charge in [0, 0.05) is 36.0 Å². The second-order valence-electron chi connectivity index (χ2n) is 4.14. The lowest BCUT2D eigenvalue weighted by molar-refractivity contribution is 0.505. The van der Waals surface area contributed by atoms with E-state index in [1.807, 2.05) is 0 Å². The fourth-order valence-electron chi connectivity index (χ4n) is 1.73. The van der Waals surface area contributed by atoms with Crippen LogP contribution in [-0.4, -0.2) is 19.4 Å². The average molecular weight is 305 g/mol. The van der Waals surface area contributed by atoms with Crippen LogP contribution < -0.4 is 0 Å². The first-order chi connectivity index (χ1) is 6.66. The summed E-state index contributed by atoms with van der Waals surface area (Å²) < 4.78 is 4.51. The molecule has 0 fully saturated rings. The summed E-state index contributed by atoms with van der Waals surface area (Å²) in [5.74, 6) is 0.539. The maximum absolute atomic E-state index is 4.63. The van der Waals surface area contributed by atoms with E-state index in [1.54, 1.807) is 0 Å². The van der Waals surface area contributed by atoms with Gasteiger partial charge in [-0.05, 0) is 18.4 Å². The van der Waals surface area contributed by atoms with Gasteiger partial charge in [0.15, 0.2) is 0 Å². The smallest absolute Gasteiger partial charge is 0.0653 e. The molecule has 0 saturated heterocycles. The van der Waals surface area contributed by atoms with E-state index in [1.165, 1.54) is 24.4 Å². The second kappa shape index (κ2) is 4.18. The van der Waals surface area contributed by atoms with Crippen molar-refractivity contribution in [2.24, 2.45) is 0 Å². The SMILES string of the molecule is CC(C)c1cc2n(n1)CCCN(I)C2. The van der Waals surface area contributed by atoms with Gasteiger partial charge in [-0.15, -0.1) is 0 Å². The van der Waals surface area contributed by atoms with Crippen LogP contribution in [0.2, 0.25) is 0 Å². The Kier molecular flexibility index (Phi) is 3.11. The summed E-state index contributed by atoms with van der Waals surface area (Å²) in [7, 11) is 0. The molecule has 1 aliphatic rings. The summed E-state index contributed by atoms with van der Waals surface area (Å²) in [4.78, 5) is 0. The molecule has 0 amide bonds. The van der Waals surface area contributed by atoms with Gasteiger partial charge < -0.3 is 0 Å². The van der Waals surface area contributed by atoms with Crippen molar-refractivity contribution in [2.75, 3.05) is 6.54 Å². The largest absolute Gasteiger partial charge is 0.268 e. The lowest BCUT2D eigenvalue weighted by atomic mass is 10.1. The van der Waals surface area contributed by atoms with E-state index in [-0.39, 0.29) is 0 Å². The molecule has 0 aromatic carbocycles. The standard InChI is InChI=1S/C10H16IN3/c1-8(2)10-6-9-7-13(11)4-3-5-14(9)12-10/h6,8H,3-5,7H2,1-2H3. The third kappa shape index (κ3) is 2.11. The first-order valence-corrected chi connectivity index (χ1v) is 6.10. The Morgan fingerprint density at radius 2 is 2.21 bits per heavy atom. The minimum Gasteiger partial charge on any atom is -0.268 e. The van der Waals surface area contributed by atoms with E-state index in [2.05, 4.69) is 55.7 Å². The Labute approximate surface area is 99.0 Å². The maximum atomic E-state index is 4.63. The zero-order valence-corrected chi connectivity index (χ0v) is 10.9. The van der Waals surface area contributed by atoms with Gasteiger partial charge in [-0.3, -0.25) is 4.68 Å². The molecule has 0 unspecified atom stereocenters. The van der Waals surface area contributed by atoms with Crippen LogP contribution in [0.25, 0.3) is 0 Å². The van der Waals surface area contributed by atoms with Crippen molar-refractivity contribution in [2.45, 2.75) is 39.3 Å². The molecule has 0 saturated carbocycles. The zero-order chi connectivity index (χ0) is 10.1. The van der Waals surface area contributed by atoms with Crippen LogP contribution in [0.1, 0.15) is 37.6 Å². The van der Waals surface area contributed by atoms with Gasteiger partial charge in [0.2, 0.25) is 0 Å². The summed E-state index contributed by atoms with van der Waals surface area (Å²) in [5.41, 5.74) is 2.59. The minimum atomic E-state index is 0.539. The number of hydrogen-bond donors (Lipinski definition) is 0. The van der Waals surface area contributed by atoms with Crippen molar-refractivity contribution < 1.29 is 0 Å². The van der Waals surface area contributed by atoms with Crippen LogP contribution in [0.3, 0.4) is 0 Å². The summed E-state index contributed by atoms with van der Waals surface area (Å²) in [6.45, 7) is 7.66. The number of halogens is 1. The van der Waals surface area contributed by atoms with Crippen molar-refractivity contribution in [3.8, 4) is 0 Å². The van der Waals surface area contributed by atoms with Crippen LogP contribution in [-0.2, 0) is 13.1 Å². The molecule has 78 valence electrons. The molecule has 0 N–H and O–H groups in total. The molecule has 14 heavy (non-hydrogen) atoms. The Hall–Kier alpha value is -0.100. The Morgan fingerprint density at radius 3 is 2.93 bits per heavy atom. The number of aryl methyl sites for hydroxylation is 1. The van der Waals surface area contributed by atoms with Gasteiger partial charge in [-0.2, -0.15) is 5.10 Å². The highest BCUT2D eigenvalue weighted by Gasteiger charge is 2.15. The molecule has 2 rings (SSSR count). The molecule has 0 radical (unpaired) electrons. The van der Waals surface area contributed by atoms with Crippen LogP contribution >= 0.6 is 22.9 Å². The van der Waals surface area contributed by atoms with E-state index in [0.717, 1.165) is 13.1 Å². The number of aromatic nitrogens is 2. The van der Waals surface area contributed by atoms with Crippen LogP contribution in [0.15, 0.2) is 6.07 Å². The molecular formula is C10H16IN3. The molecule has 0 spiro atoms. The third-order valence-electron chi connectivity index (χ3n) is 2.58. The van der Waals surface area contributed by atoms with Gasteiger partial charge >= 0.3 is 0 Å². The molecule has 1 aromatic heterocycles. The topological polar surface area (TPSA) is 21.1 Å². The lowest BCUT2D eigenvalue weighted by Gasteiger charge is -2.08. The fraction of sp³-hybridized carbons (Fsp3) is 0.700. The van der Waals surface area contributed by atoms with Crippen LogP contribution in [0.5, 0.6) is 0 Å². The first kappa shape index (κ1) is 10.4. The van der Waals surface area contributed by atoms with Crippen LogP contribution in [0, 0.1) is 0 Å². The molecule has 0 atom stereocenters. The van der Waals surface area contributed by atoms with Gasteiger partial charge in [-0.1, -0.05) is 13.8 Å². The van der Waals surface area contributed by atoms with Gasteiger partial charge in [0.1, 0.15) is 0 Å². The molecule has 0 aliphatic carbocycles. The summed E-state index contributed by atoms with van der Waals surface area (Å²) >= 11 is 2.40. The van der Waals surface area contributed by atoms with Crippen molar-refractivity contribution in [3.05, 3.63) is 17.5 Å². The number of nitrogens with zero attached hydrogens (tertiary/aromatic N) is 3. The Morgan fingerprint density at radius 1 is 1.43 bits per heavy atom. The predicted molar refractivity (Wildman–Crippen MR) is 65.4 cm³/mol. The highest BCUT2D eigenvalue weighted by molar-refractivity contribution is 14.1. The second-order valence-corrected chi connectivity index (χ2v) is 5.50. The highest BCUT2D eigenvalue weighted by atomic mass is 127. The van der Waals surface area contributed by atoms with Gasteiger partial charge in [-0.25, -0.2) is 3.11 Å². The van der Waals surface area contributed by atoms with E-state index < -0.39 is 0 Å². The minimum absolute atomic E-state index is 0.539. The van der Waals surface area contributed by atoms with Crippen molar-refractivity contribution in [3.63, 3.8) is 0 Å². The lowest BCUT2D eigenvalue weighted by Crippen LogP contribution is -2.09.